The van der Waals surface area contributed by atoms with Gasteiger partial charge in [-0.25, -0.2) is 9.97 Å². The summed E-state index contributed by atoms with van der Waals surface area (Å²) in [6, 6.07) is 0.386. The standard InChI is InChI=1S/C17H24N4OS/c1-12-2-6-20(7-3-12)17-18-10-14-15(19-17)11-21(16(14)22)13-4-8-23-9-5-13/h10,12-13H,2-9,11H2,1H3. The van der Waals surface area contributed by atoms with Crippen LogP contribution in [0.4, 0.5) is 5.95 Å². The largest absolute Gasteiger partial charge is 0.341 e. The second kappa shape index (κ2) is 6.30. The van der Waals surface area contributed by atoms with Crippen LogP contribution in [-0.4, -0.2) is 51.4 Å². The van der Waals surface area contributed by atoms with Crippen LogP contribution in [0.3, 0.4) is 0 Å². The highest BCUT2D eigenvalue weighted by atomic mass is 32.2. The summed E-state index contributed by atoms with van der Waals surface area (Å²) in [4.78, 5) is 26.2. The van der Waals surface area contributed by atoms with Crippen LogP contribution in [0.5, 0.6) is 0 Å². The van der Waals surface area contributed by atoms with Crippen LogP contribution in [0.15, 0.2) is 6.20 Å². The Morgan fingerprint density at radius 1 is 1.17 bits per heavy atom. The average Bonchev–Trinajstić information content (AvgIpc) is 2.93. The fourth-order valence-corrected chi connectivity index (χ4v) is 4.83. The highest BCUT2D eigenvalue weighted by Crippen LogP contribution is 2.30. The predicted octanol–water partition coefficient (Wildman–Crippen LogP) is 2.56. The second-order valence-electron chi connectivity index (χ2n) is 6.98. The first kappa shape index (κ1) is 15.2. The second-order valence-corrected chi connectivity index (χ2v) is 8.20. The number of amides is 1. The first-order chi connectivity index (χ1) is 11.2. The molecule has 0 spiro atoms. The van der Waals surface area contributed by atoms with Gasteiger partial charge >= 0.3 is 0 Å². The SMILES string of the molecule is CC1CCN(c2ncc3c(n2)CN(C2CCSCC2)C3=O)CC1. The summed E-state index contributed by atoms with van der Waals surface area (Å²) in [6.45, 7) is 5.03. The van der Waals surface area contributed by atoms with Crippen LogP contribution in [0.1, 0.15) is 48.7 Å². The maximum Gasteiger partial charge on any atom is 0.257 e. The molecule has 2 fully saturated rings. The number of piperidine rings is 1. The zero-order valence-electron chi connectivity index (χ0n) is 13.7. The molecule has 4 heterocycles. The van der Waals surface area contributed by atoms with E-state index >= 15 is 0 Å². The van der Waals surface area contributed by atoms with Crippen molar-refractivity contribution in [2.75, 3.05) is 29.5 Å². The van der Waals surface area contributed by atoms with Crippen molar-refractivity contribution in [1.29, 1.82) is 0 Å². The van der Waals surface area contributed by atoms with Crippen molar-refractivity contribution in [1.82, 2.24) is 14.9 Å². The highest BCUT2D eigenvalue weighted by Gasteiger charge is 2.35. The molecule has 23 heavy (non-hydrogen) atoms. The van der Waals surface area contributed by atoms with E-state index in [-0.39, 0.29) is 5.91 Å². The predicted molar refractivity (Wildman–Crippen MR) is 92.9 cm³/mol. The Labute approximate surface area is 141 Å². The molecule has 0 bridgehead atoms. The maximum atomic E-state index is 12.7. The lowest BCUT2D eigenvalue weighted by molar-refractivity contribution is 0.0692. The molecule has 0 N–H and O–H groups in total. The summed E-state index contributed by atoms with van der Waals surface area (Å²) in [5, 5.41) is 0. The lowest BCUT2D eigenvalue weighted by atomic mass is 10.00. The molecule has 1 amide bonds. The first-order valence-electron chi connectivity index (χ1n) is 8.72. The quantitative estimate of drug-likeness (QED) is 0.833. The van der Waals surface area contributed by atoms with Crippen molar-refractivity contribution in [3.63, 3.8) is 0 Å². The Morgan fingerprint density at radius 2 is 1.91 bits per heavy atom. The minimum atomic E-state index is 0.135. The van der Waals surface area contributed by atoms with Gasteiger partial charge in [-0.3, -0.25) is 4.79 Å². The number of aromatic nitrogens is 2. The Bertz CT molecular complexity index is 594. The van der Waals surface area contributed by atoms with E-state index in [4.69, 9.17) is 4.98 Å². The van der Waals surface area contributed by atoms with Crippen molar-refractivity contribution < 1.29 is 4.79 Å². The molecule has 0 radical (unpaired) electrons. The van der Waals surface area contributed by atoms with Gasteiger partial charge in [0.1, 0.15) is 0 Å². The maximum absolute atomic E-state index is 12.7. The Morgan fingerprint density at radius 3 is 2.65 bits per heavy atom. The number of rotatable bonds is 2. The fraction of sp³-hybridized carbons (Fsp3) is 0.706. The zero-order valence-corrected chi connectivity index (χ0v) is 14.5. The van der Waals surface area contributed by atoms with Gasteiger partial charge in [-0.1, -0.05) is 6.92 Å². The van der Waals surface area contributed by atoms with Crippen LogP contribution >= 0.6 is 11.8 Å². The Balaban J connectivity index is 1.51. The minimum Gasteiger partial charge on any atom is -0.341 e. The molecule has 3 aliphatic heterocycles. The molecule has 0 unspecified atom stereocenters. The van der Waals surface area contributed by atoms with Gasteiger partial charge in [-0.05, 0) is 43.1 Å². The van der Waals surface area contributed by atoms with Gasteiger partial charge in [0, 0.05) is 25.3 Å². The number of nitrogens with zero attached hydrogens (tertiary/aromatic N) is 4. The lowest BCUT2D eigenvalue weighted by Gasteiger charge is -2.30. The van der Waals surface area contributed by atoms with Crippen molar-refractivity contribution >= 4 is 23.6 Å². The number of carbonyl (C=O) groups is 1. The summed E-state index contributed by atoms with van der Waals surface area (Å²) < 4.78 is 0. The molecule has 1 aromatic heterocycles. The third-order valence-electron chi connectivity index (χ3n) is 5.36. The van der Waals surface area contributed by atoms with Gasteiger partial charge in [-0.15, -0.1) is 0 Å². The summed E-state index contributed by atoms with van der Waals surface area (Å²) in [7, 11) is 0. The van der Waals surface area contributed by atoms with E-state index in [1.165, 1.54) is 12.8 Å². The number of thioether (sulfide) groups is 1. The average molecular weight is 332 g/mol. The summed E-state index contributed by atoms with van der Waals surface area (Å²) in [5.74, 6) is 4.06. The summed E-state index contributed by atoms with van der Waals surface area (Å²) in [5.41, 5.74) is 1.65. The highest BCUT2D eigenvalue weighted by molar-refractivity contribution is 7.99. The van der Waals surface area contributed by atoms with Gasteiger partial charge < -0.3 is 9.80 Å². The number of hydrogen-bond donors (Lipinski definition) is 0. The van der Waals surface area contributed by atoms with Crippen LogP contribution < -0.4 is 4.90 Å². The molecule has 2 saturated heterocycles. The number of anilines is 1. The minimum absolute atomic E-state index is 0.135. The van der Waals surface area contributed by atoms with E-state index in [1.807, 2.05) is 16.7 Å². The van der Waals surface area contributed by atoms with Crippen molar-refractivity contribution in [2.24, 2.45) is 5.92 Å². The van der Waals surface area contributed by atoms with Crippen LogP contribution in [-0.2, 0) is 6.54 Å². The van der Waals surface area contributed by atoms with E-state index in [0.717, 1.165) is 60.6 Å². The summed E-state index contributed by atoms with van der Waals surface area (Å²) >= 11 is 1.99. The monoisotopic (exact) mass is 332 g/mol. The van der Waals surface area contributed by atoms with E-state index in [9.17, 15) is 4.79 Å². The molecule has 5 nitrogen and oxygen atoms in total. The molecule has 0 saturated carbocycles. The van der Waals surface area contributed by atoms with Crippen LogP contribution in [0.25, 0.3) is 0 Å². The molecule has 4 rings (SSSR count). The zero-order chi connectivity index (χ0) is 15.8. The number of hydrogen-bond acceptors (Lipinski definition) is 5. The molecular formula is C17H24N4OS. The molecule has 0 aromatic carbocycles. The van der Waals surface area contributed by atoms with Gasteiger partial charge in [-0.2, -0.15) is 11.8 Å². The number of carbonyl (C=O) groups excluding carboxylic acids is 1. The van der Waals surface area contributed by atoms with E-state index in [2.05, 4.69) is 16.8 Å². The van der Waals surface area contributed by atoms with Crippen molar-refractivity contribution in [2.45, 2.75) is 45.2 Å². The van der Waals surface area contributed by atoms with Gasteiger partial charge in [0.15, 0.2) is 0 Å². The molecule has 6 heteroatoms. The van der Waals surface area contributed by atoms with Crippen molar-refractivity contribution in [3.8, 4) is 0 Å². The van der Waals surface area contributed by atoms with E-state index in [0.29, 0.717) is 12.6 Å². The Kier molecular flexibility index (Phi) is 4.18. The normalized spacial score (nSPS) is 23.4. The molecule has 124 valence electrons. The molecule has 3 aliphatic rings. The van der Waals surface area contributed by atoms with Gasteiger partial charge in [0.05, 0.1) is 17.8 Å². The molecular weight excluding hydrogens is 308 g/mol. The smallest absolute Gasteiger partial charge is 0.257 e. The molecule has 1 aromatic rings. The number of fused-ring (bicyclic) bond motifs is 1. The van der Waals surface area contributed by atoms with E-state index in [1.54, 1.807) is 6.20 Å². The molecule has 0 atom stereocenters. The van der Waals surface area contributed by atoms with Crippen molar-refractivity contribution in [3.05, 3.63) is 17.5 Å². The van der Waals surface area contributed by atoms with E-state index < -0.39 is 0 Å². The third-order valence-corrected chi connectivity index (χ3v) is 6.41. The lowest BCUT2D eigenvalue weighted by Crippen LogP contribution is -2.38. The summed E-state index contributed by atoms with van der Waals surface area (Å²) in [6.07, 6.45) is 6.37. The third kappa shape index (κ3) is 2.93. The topological polar surface area (TPSA) is 49.3 Å². The van der Waals surface area contributed by atoms with Crippen LogP contribution in [0, 0.1) is 5.92 Å². The Hall–Kier alpha value is -1.30. The molecule has 0 aliphatic carbocycles. The van der Waals surface area contributed by atoms with Gasteiger partial charge in [0.25, 0.3) is 5.91 Å². The first-order valence-corrected chi connectivity index (χ1v) is 9.87. The van der Waals surface area contributed by atoms with Gasteiger partial charge in [0.2, 0.25) is 5.95 Å². The van der Waals surface area contributed by atoms with Crippen LogP contribution in [0.2, 0.25) is 0 Å². The fourth-order valence-electron chi connectivity index (χ4n) is 3.75.